The fourth-order valence-corrected chi connectivity index (χ4v) is 4.63. The van der Waals surface area contributed by atoms with E-state index in [0.29, 0.717) is 27.2 Å². The molecule has 1 amide bonds. The molecule has 0 radical (unpaired) electrons. The Morgan fingerprint density at radius 2 is 1.85 bits per heavy atom. The first-order valence-electron chi connectivity index (χ1n) is 10.8. The van der Waals surface area contributed by atoms with Crippen LogP contribution in [0.3, 0.4) is 0 Å². The predicted octanol–water partition coefficient (Wildman–Crippen LogP) is 4.64. The van der Waals surface area contributed by atoms with Crippen LogP contribution in [0.25, 0.3) is 15.9 Å². The molecule has 4 rings (SSSR count). The summed E-state index contributed by atoms with van der Waals surface area (Å²) >= 11 is 1.19. The molecule has 0 spiro atoms. The molecule has 6 nitrogen and oxygen atoms in total. The minimum absolute atomic E-state index is 0.260. The summed E-state index contributed by atoms with van der Waals surface area (Å²) in [6, 6.07) is 13.2. The number of thiophene rings is 1. The highest BCUT2D eigenvalue weighted by atomic mass is 32.1. The number of anilines is 1. The molecule has 0 unspecified atom stereocenters. The van der Waals surface area contributed by atoms with Gasteiger partial charge in [0.05, 0.1) is 11.2 Å². The highest BCUT2D eigenvalue weighted by Crippen LogP contribution is 2.19. The topological polar surface area (TPSA) is 73.1 Å². The van der Waals surface area contributed by atoms with E-state index in [0.717, 1.165) is 23.8 Å². The van der Waals surface area contributed by atoms with Crippen molar-refractivity contribution in [3.05, 3.63) is 91.7 Å². The van der Waals surface area contributed by atoms with Crippen molar-refractivity contribution >= 4 is 33.1 Å². The molecule has 0 saturated heterocycles. The van der Waals surface area contributed by atoms with Crippen molar-refractivity contribution in [2.45, 2.75) is 39.7 Å². The Morgan fingerprint density at radius 1 is 1.09 bits per heavy atom. The third-order valence-electron chi connectivity index (χ3n) is 5.51. The molecule has 1 N–H and O–H groups in total. The summed E-state index contributed by atoms with van der Waals surface area (Å²) in [4.78, 5) is 39.2. The lowest BCUT2D eigenvalue weighted by molar-refractivity contribution is -0.116. The number of carbonyl (C=O) groups excluding carboxylic acids is 1. The summed E-state index contributed by atoms with van der Waals surface area (Å²) in [7, 11) is 0. The van der Waals surface area contributed by atoms with E-state index >= 15 is 0 Å². The Bertz CT molecular complexity index is 1430. The zero-order chi connectivity index (χ0) is 23.5. The van der Waals surface area contributed by atoms with Gasteiger partial charge < -0.3 is 5.32 Å². The largest absolute Gasteiger partial charge is 0.336 e. The maximum atomic E-state index is 13.6. The first-order valence-corrected chi connectivity index (χ1v) is 11.7. The number of aryl methyl sites for hydroxylation is 2. The van der Waals surface area contributed by atoms with Crippen molar-refractivity contribution in [1.82, 2.24) is 9.13 Å². The van der Waals surface area contributed by atoms with Crippen LogP contribution in [-0.4, -0.2) is 15.0 Å². The third kappa shape index (κ3) is 4.66. The number of hydrogen-bond donors (Lipinski definition) is 1. The lowest BCUT2D eigenvalue weighted by Gasteiger charge is -2.14. The minimum Gasteiger partial charge on any atom is -0.325 e. The quantitative estimate of drug-likeness (QED) is 0.432. The summed E-state index contributed by atoms with van der Waals surface area (Å²) in [6.45, 7) is 3.51. The van der Waals surface area contributed by atoms with Crippen molar-refractivity contribution in [2.24, 2.45) is 0 Å². The molecule has 0 aliphatic carbocycles. The number of nitrogens with zero attached hydrogens (tertiary/aromatic N) is 2. The van der Waals surface area contributed by atoms with E-state index in [1.165, 1.54) is 39.7 Å². The molecule has 0 atom stereocenters. The van der Waals surface area contributed by atoms with Gasteiger partial charge in [-0.15, -0.1) is 11.3 Å². The second-order valence-electron chi connectivity index (χ2n) is 7.92. The van der Waals surface area contributed by atoms with E-state index in [1.54, 1.807) is 18.4 Å². The maximum absolute atomic E-state index is 13.6. The SMILES string of the molecule is CCCCc1ccc(NC(=O)Cn2c(=O)n(-c3ccc(F)cc3C)c(=O)c3sccc32)cc1. The van der Waals surface area contributed by atoms with Crippen LogP contribution in [0.2, 0.25) is 0 Å². The van der Waals surface area contributed by atoms with Gasteiger partial charge in [0.1, 0.15) is 17.1 Å². The van der Waals surface area contributed by atoms with E-state index in [2.05, 4.69) is 12.2 Å². The summed E-state index contributed by atoms with van der Waals surface area (Å²) in [5.41, 5.74) is 1.84. The molecule has 0 bridgehead atoms. The molecule has 33 heavy (non-hydrogen) atoms. The Kier molecular flexibility index (Phi) is 6.55. The molecule has 0 aliphatic heterocycles. The van der Waals surface area contributed by atoms with Gasteiger partial charge in [-0.25, -0.2) is 13.8 Å². The van der Waals surface area contributed by atoms with E-state index in [9.17, 15) is 18.8 Å². The van der Waals surface area contributed by atoms with Crippen LogP contribution in [0.5, 0.6) is 0 Å². The molecule has 8 heteroatoms. The van der Waals surface area contributed by atoms with Gasteiger partial charge in [-0.05, 0) is 72.7 Å². The second kappa shape index (κ2) is 9.54. The maximum Gasteiger partial charge on any atom is 0.336 e. The smallest absolute Gasteiger partial charge is 0.325 e. The summed E-state index contributed by atoms with van der Waals surface area (Å²) < 4.78 is 16.2. The Hall–Kier alpha value is -3.52. The van der Waals surface area contributed by atoms with Crippen LogP contribution in [0.15, 0.2) is 63.5 Å². The van der Waals surface area contributed by atoms with Gasteiger partial charge in [0.15, 0.2) is 0 Å². The van der Waals surface area contributed by atoms with Crippen molar-refractivity contribution in [3.63, 3.8) is 0 Å². The van der Waals surface area contributed by atoms with Crippen molar-refractivity contribution in [1.29, 1.82) is 0 Å². The molecular weight excluding hydrogens is 441 g/mol. The van der Waals surface area contributed by atoms with Crippen molar-refractivity contribution < 1.29 is 9.18 Å². The fraction of sp³-hybridized carbons (Fsp3) is 0.240. The number of benzene rings is 2. The van der Waals surface area contributed by atoms with Gasteiger partial charge in [0.25, 0.3) is 5.56 Å². The first kappa shape index (κ1) is 22.7. The number of hydrogen-bond acceptors (Lipinski definition) is 4. The molecular formula is C25H24FN3O3S. The second-order valence-corrected chi connectivity index (χ2v) is 8.84. The molecule has 2 aromatic carbocycles. The van der Waals surface area contributed by atoms with Gasteiger partial charge >= 0.3 is 5.69 Å². The molecule has 2 heterocycles. The minimum atomic E-state index is -0.648. The monoisotopic (exact) mass is 465 g/mol. The van der Waals surface area contributed by atoms with Gasteiger partial charge in [-0.2, -0.15) is 0 Å². The van der Waals surface area contributed by atoms with E-state index in [4.69, 9.17) is 0 Å². The van der Waals surface area contributed by atoms with Gasteiger partial charge in [0, 0.05) is 5.69 Å². The van der Waals surface area contributed by atoms with Crippen LogP contribution in [-0.2, 0) is 17.8 Å². The lowest BCUT2D eigenvalue weighted by atomic mass is 10.1. The average Bonchev–Trinajstić information content (AvgIpc) is 3.28. The highest BCUT2D eigenvalue weighted by Gasteiger charge is 2.19. The molecule has 0 aliphatic rings. The van der Waals surface area contributed by atoms with E-state index in [1.807, 2.05) is 24.3 Å². The van der Waals surface area contributed by atoms with Crippen molar-refractivity contribution in [3.8, 4) is 5.69 Å². The number of unbranched alkanes of at least 4 members (excludes halogenated alkanes) is 1. The van der Waals surface area contributed by atoms with E-state index in [-0.39, 0.29) is 12.5 Å². The molecule has 170 valence electrons. The van der Waals surface area contributed by atoms with E-state index < -0.39 is 17.1 Å². The van der Waals surface area contributed by atoms with Crippen LogP contribution in [0.1, 0.15) is 30.9 Å². The number of amides is 1. The number of rotatable bonds is 7. The Labute approximate surface area is 193 Å². The van der Waals surface area contributed by atoms with Gasteiger partial charge in [-0.3, -0.25) is 14.2 Å². The number of halogens is 1. The highest BCUT2D eigenvalue weighted by molar-refractivity contribution is 7.17. The van der Waals surface area contributed by atoms with Crippen LogP contribution >= 0.6 is 11.3 Å². The lowest BCUT2D eigenvalue weighted by Crippen LogP contribution is -2.40. The Morgan fingerprint density at radius 3 is 2.55 bits per heavy atom. The molecule has 4 aromatic rings. The van der Waals surface area contributed by atoms with Crippen LogP contribution < -0.4 is 16.6 Å². The molecule has 2 aromatic heterocycles. The van der Waals surface area contributed by atoms with Crippen molar-refractivity contribution in [2.75, 3.05) is 5.32 Å². The first-order chi connectivity index (χ1) is 15.9. The normalized spacial score (nSPS) is 11.1. The summed E-state index contributed by atoms with van der Waals surface area (Å²) in [5.74, 6) is -0.839. The predicted molar refractivity (Wildman–Crippen MR) is 130 cm³/mol. The molecule has 0 saturated carbocycles. The molecule has 0 fully saturated rings. The number of nitrogens with one attached hydrogen (secondary N) is 1. The van der Waals surface area contributed by atoms with Crippen LogP contribution in [0, 0.1) is 12.7 Å². The third-order valence-corrected chi connectivity index (χ3v) is 6.40. The Balaban J connectivity index is 1.68. The van der Waals surface area contributed by atoms with Gasteiger partial charge in [-0.1, -0.05) is 25.5 Å². The number of carbonyl (C=O) groups is 1. The zero-order valence-corrected chi connectivity index (χ0v) is 19.2. The standard InChI is InChI=1S/C25H24FN3O3S/c1-3-4-5-17-6-9-19(10-7-17)27-22(30)15-28-21-12-13-33-23(21)24(31)29(25(28)32)20-11-8-18(26)14-16(20)2/h6-14H,3-5,15H2,1-2H3,(H,27,30). The van der Waals surface area contributed by atoms with Gasteiger partial charge in [0.2, 0.25) is 5.91 Å². The summed E-state index contributed by atoms with van der Waals surface area (Å²) in [5, 5.41) is 4.52. The van der Waals surface area contributed by atoms with Crippen LogP contribution in [0.4, 0.5) is 10.1 Å². The fourth-order valence-electron chi connectivity index (χ4n) is 3.80. The summed E-state index contributed by atoms with van der Waals surface area (Å²) in [6.07, 6.45) is 3.21. The number of fused-ring (bicyclic) bond motifs is 1. The zero-order valence-electron chi connectivity index (χ0n) is 18.4. The average molecular weight is 466 g/mol. The number of aromatic nitrogens is 2.